The number of hydrogen-bond acceptors (Lipinski definition) is 4. The average molecular weight is 336 g/mol. The molecule has 1 N–H and O–H groups in total. The zero-order valence-corrected chi connectivity index (χ0v) is 13.5. The molecule has 0 bridgehead atoms. The first-order chi connectivity index (χ1) is 11.8. The molecule has 0 unspecified atom stereocenters. The van der Waals surface area contributed by atoms with Crippen LogP contribution in [-0.4, -0.2) is 10.1 Å². The quantitative estimate of drug-likeness (QED) is 0.560. The second-order valence-electron chi connectivity index (χ2n) is 5.46. The van der Waals surface area contributed by atoms with Gasteiger partial charge >= 0.3 is 0 Å². The number of nitrogens with one attached hydrogen (secondary N) is 1. The van der Waals surface area contributed by atoms with E-state index in [2.05, 4.69) is 21.5 Å². The van der Waals surface area contributed by atoms with Crippen molar-refractivity contribution < 1.29 is 4.52 Å². The fraction of sp³-hybridized carbons (Fsp3) is 0.0526. The summed E-state index contributed by atoms with van der Waals surface area (Å²) in [5.41, 5.74) is 4.04. The minimum Gasteiger partial charge on any atom is -0.363 e. The predicted molar refractivity (Wildman–Crippen MR) is 96.0 cm³/mol. The number of pyridine rings is 1. The molecule has 4 aromatic rings. The van der Waals surface area contributed by atoms with E-state index >= 15 is 0 Å². The van der Waals surface area contributed by atoms with Crippen LogP contribution in [0.3, 0.4) is 0 Å². The number of benzene rings is 2. The van der Waals surface area contributed by atoms with Gasteiger partial charge in [0.05, 0.1) is 5.39 Å². The SMILES string of the molecule is Clc1ccc(-c2ccc3c(NCc4ccncc4)noc3c2)cc1. The second kappa shape index (κ2) is 6.34. The maximum absolute atomic E-state index is 5.94. The summed E-state index contributed by atoms with van der Waals surface area (Å²) in [4.78, 5) is 4.01. The third-order valence-electron chi connectivity index (χ3n) is 3.86. The van der Waals surface area contributed by atoms with Crippen LogP contribution in [-0.2, 0) is 6.54 Å². The molecule has 0 fully saturated rings. The number of nitrogens with zero attached hydrogens (tertiary/aromatic N) is 2. The van der Waals surface area contributed by atoms with Gasteiger partial charge in [-0.1, -0.05) is 35.0 Å². The lowest BCUT2D eigenvalue weighted by Crippen LogP contribution is -1.99. The highest BCUT2D eigenvalue weighted by Gasteiger charge is 2.09. The molecule has 2 aromatic carbocycles. The van der Waals surface area contributed by atoms with E-state index in [9.17, 15) is 0 Å². The van der Waals surface area contributed by atoms with Gasteiger partial charge < -0.3 is 9.84 Å². The summed E-state index contributed by atoms with van der Waals surface area (Å²) in [7, 11) is 0. The molecular formula is C19H14ClN3O. The molecule has 2 heterocycles. The number of rotatable bonds is 4. The third kappa shape index (κ3) is 2.96. The fourth-order valence-corrected chi connectivity index (χ4v) is 2.70. The second-order valence-corrected chi connectivity index (χ2v) is 5.89. The van der Waals surface area contributed by atoms with Gasteiger partial charge in [-0.05, 0) is 53.1 Å². The van der Waals surface area contributed by atoms with E-state index in [4.69, 9.17) is 16.1 Å². The van der Waals surface area contributed by atoms with E-state index in [-0.39, 0.29) is 0 Å². The first kappa shape index (κ1) is 14.7. The van der Waals surface area contributed by atoms with Crippen molar-refractivity contribution in [3.8, 4) is 11.1 Å². The summed E-state index contributed by atoms with van der Waals surface area (Å²) in [6, 6.07) is 17.7. The Morgan fingerprint density at radius 1 is 0.917 bits per heavy atom. The van der Waals surface area contributed by atoms with Gasteiger partial charge in [0.2, 0.25) is 0 Å². The molecule has 24 heavy (non-hydrogen) atoms. The van der Waals surface area contributed by atoms with Crippen molar-refractivity contribution in [3.05, 3.63) is 77.6 Å². The molecule has 0 radical (unpaired) electrons. The van der Waals surface area contributed by atoms with Gasteiger partial charge in [0.25, 0.3) is 0 Å². The Balaban J connectivity index is 1.60. The Labute approximate surface area is 144 Å². The summed E-state index contributed by atoms with van der Waals surface area (Å²) in [6.45, 7) is 0.670. The molecule has 0 saturated heterocycles. The minimum absolute atomic E-state index is 0.670. The van der Waals surface area contributed by atoms with Crippen molar-refractivity contribution in [3.63, 3.8) is 0 Å². The first-order valence-electron chi connectivity index (χ1n) is 7.58. The Kier molecular flexibility index (Phi) is 3.89. The van der Waals surface area contributed by atoms with Crippen molar-refractivity contribution in [2.75, 3.05) is 5.32 Å². The van der Waals surface area contributed by atoms with Crippen LogP contribution in [0.25, 0.3) is 22.1 Å². The summed E-state index contributed by atoms with van der Waals surface area (Å²) in [5, 5.41) is 9.12. The topological polar surface area (TPSA) is 51.0 Å². The number of hydrogen-bond donors (Lipinski definition) is 1. The summed E-state index contributed by atoms with van der Waals surface area (Å²) >= 11 is 5.94. The van der Waals surface area contributed by atoms with Crippen molar-refractivity contribution >= 4 is 28.4 Å². The Morgan fingerprint density at radius 3 is 2.46 bits per heavy atom. The maximum atomic E-state index is 5.94. The predicted octanol–water partition coefficient (Wildman–Crippen LogP) is 5.16. The van der Waals surface area contributed by atoms with Gasteiger partial charge in [-0.3, -0.25) is 4.98 Å². The van der Waals surface area contributed by atoms with E-state index in [1.165, 1.54) is 0 Å². The number of halogens is 1. The monoisotopic (exact) mass is 335 g/mol. The van der Waals surface area contributed by atoms with E-state index in [0.717, 1.165) is 38.5 Å². The van der Waals surface area contributed by atoms with Gasteiger partial charge in [-0.25, -0.2) is 0 Å². The molecule has 0 spiro atoms. The van der Waals surface area contributed by atoms with Crippen LogP contribution in [0, 0.1) is 0 Å². The average Bonchev–Trinajstić information content (AvgIpc) is 3.04. The molecule has 0 atom stereocenters. The van der Waals surface area contributed by atoms with Crippen molar-refractivity contribution in [2.45, 2.75) is 6.54 Å². The molecule has 4 nitrogen and oxygen atoms in total. The Morgan fingerprint density at radius 2 is 1.67 bits per heavy atom. The van der Waals surface area contributed by atoms with Gasteiger partial charge in [0, 0.05) is 24.0 Å². The number of fused-ring (bicyclic) bond motifs is 1. The molecule has 0 aliphatic rings. The van der Waals surface area contributed by atoms with Crippen LogP contribution in [0.1, 0.15) is 5.56 Å². The van der Waals surface area contributed by atoms with Crippen molar-refractivity contribution in [1.82, 2.24) is 10.1 Å². The van der Waals surface area contributed by atoms with Crippen LogP contribution in [0.5, 0.6) is 0 Å². The summed E-state index contributed by atoms with van der Waals surface area (Å²) in [5.74, 6) is 0.740. The van der Waals surface area contributed by atoms with E-state index in [1.54, 1.807) is 12.4 Å². The summed E-state index contributed by atoms with van der Waals surface area (Å²) < 4.78 is 5.47. The highest BCUT2D eigenvalue weighted by atomic mass is 35.5. The van der Waals surface area contributed by atoms with Gasteiger partial charge in [0.15, 0.2) is 11.4 Å². The molecular weight excluding hydrogens is 322 g/mol. The molecule has 118 valence electrons. The fourth-order valence-electron chi connectivity index (χ4n) is 2.57. The molecule has 2 aromatic heterocycles. The van der Waals surface area contributed by atoms with Crippen LogP contribution in [0.15, 0.2) is 71.5 Å². The number of aromatic nitrogens is 2. The summed E-state index contributed by atoms with van der Waals surface area (Å²) in [6.07, 6.45) is 3.55. The molecule has 0 aliphatic heterocycles. The smallest absolute Gasteiger partial charge is 0.177 e. The standard InChI is InChI=1S/C19H14ClN3O/c20-16-4-1-14(2-5-16)15-3-6-17-18(11-15)24-23-19(17)22-12-13-7-9-21-10-8-13/h1-11H,12H2,(H,22,23). The van der Waals surface area contributed by atoms with Crippen LogP contribution < -0.4 is 5.32 Å². The Bertz CT molecular complexity index is 965. The van der Waals surface area contributed by atoms with Crippen LogP contribution >= 0.6 is 11.6 Å². The molecule has 0 amide bonds. The van der Waals surface area contributed by atoms with E-state index in [1.807, 2.05) is 48.5 Å². The number of anilines is 1. The third-order valence-corrected chi connectivity index (χ3v) is 4.11. The normalized spacial score (nSPS) is 10.9. The van der Waals surface area contributed by atoms with Gasteiger partial charge in [0.1, 0.15) is 0 Å². The molecule has 4 rings (SSSR count). The van der Waals surface area contributed by atoms with Crippen molar-refractivity contribution in [1.29, 1.82) is 0 Å². The highest BCUT2D eigenvalue weighted by Crippen LogP contribution is 2.29. The van der Waals surface area contributed by atoms with E-state index in [0.29, 0.717) is 6.54 Å². The van der Waals surface area contributed by atoms with Crippen molar-refractivity contribution in [2.24, 2.45) is 0 Å². The first-order valence-corrected chi connectivity index (χ1v) is 7.95. The molecule has 0 saturated carbocycles. The van der Waals surface area contributed by atoms with Gasteiger partial charge in [-0.2, -0.15) is 0 Å². The lowest BCUT2D eigenvalue weighted by molar-refractivity contribution is 0.459. The lowest BCUT2D eigenvalue weighted by atomic mass is 10.0. The van der Waals surface area contributed by atoms with Crippen LogP contribution in [0.2, 0.25) is 5.02 Å². The highest BCUT2D eigenvalue weighted by molar-refractivity contribution is 6.30. The minimum atomic E-state index is 0.670. The van der Waals surface area contributed by atoms with E-state index < -0.39 is 0 Å². The molecule has 5 heteroatoms. The maximum Gasteiger partial charge on any atom is 0.177 e. The van der Waals surface area contributed by atoms with Gasteiger partial charge in [-0.15, -0.1) is 0 Å². The Hall–Kier alpha value is -2.85. The van der Waals surface area contributed by atoms with Crippen LogP contribution in [0.4, 0.5) is 5.82 Å². The lowest BCUT2D eigenvalue weighted by Gasteiger charge is -2.03. The largest absolute Gasteiger partial charge is 0.363 e. The molecule has 0 aliphatic carbocycles. The zero-order valence-electron chi connectivity index (χ0n) is 12.7. The zero-order chi connectivity index (χ0) is 16.4.